The molecule has 31 heavy (non-hydrogen) atoms. The van der Waals surface area contributed by atoms with Gasteiger partial charge < -0.3 is 19.5 Å². The van der Waals surface area contributed by atoms with Gasteiger partial charge in [0, 0.05) is 36.0 Å². The first-order valence-electron chi connectivity index (χ1n) is 10.2. The molecule has 1 aromatic carbocycles. The number of pyridine rings is 1. The van der Waals surface area contributed by atoms with E-state index in [1.54, 1.807) is 16.4 Å². The second-order valence-electron chi connectivity index (χ2n) is 8.33. The number of benzene rings is 1. The van der Waals surface area contributed by atoms with E-state index in [0.717, 1.165) is 12.1 Å². The molecule has 2 unspecified atom stereocenters. The average molecular weight is 429 g/mol. The molecular formula is C22H21F2N3O4. The van der Waals surface area contributed by atoms with Crippen molar-refractivity contribution in [2.24, 2.45) is 0 Å². The van der Waals surface area contributed by atoms with Gasteiger partial charge in [0.05, 0.1) is 12.6 Å². The van der Waals surface area contributed by atoms with E-state index in [4.69, 9.17) is 4.74 Å². The molecule has 7 nitrogen and oxygen atoms in total. The number of ether oxygens (including phenoxy) is 1. The molecule has 0 aliphatic carbocycles. The Labute approximate surface area is 176 Å². The molecule has 0 bridgehead atoms. The topological polar surface area (TPSA) is 80.6 Å². The lowest BCUT2D eigenvalue weighted by Gasteiger charge is -2.45. The van der Waals surface area contributed by atoms with Gasteiger partial charge in [-0.05, 0) is 32.8 Å². The number of hydrogen-bond donors (Lipinski definition) is 1. The largest absolute Gasteiger partial charge is 0.352 e. The van der Waals surface area contributed by atoms with Crippen LogP contribution in [0, 0.1) is 18.6 Å². The van der Waals surface area contributed by atoms with Crippen LogP contribution >= 0.6 is 0 Å². The molecule has 0 spiro atoms. The van der Waals surface area contributed by atoms with E-state index >= 15 is 0 Å². The maximum atomic E-state index is 13.9. The molecule has 2 amide bonds. The first-order chi connectivity index (χ1) is 14.7. The third-order valence-electron chi connectivity index (χ3n) is 6.70. The van der Waals surface area contributed by atoms with Crippen molar-refractivity contribution in [1.29, 1.82) is 0 Å². The molecule has 5 rings (SSSR count). The highest BCUT2D eigenvalue weighted by molar-refractivity contribution is 6.00. The minimum atomic E-state index is -0.818. The van der Waals surface area contributed by atoms with E-state index in [1.807, 2.05) is 6.92 Å². The van der Waals surface area contributed by atoms with E-state index < -0.39 is 28.7 Å². The smallest absolute Gasteiger partial charge is 0.273 e. The maximum absolute atomic E-state index is 13.9. The Hall–Kier alpha value is -3.07. The zero-order chi connectivity index (χ0) is 22.1. The number of hydrogen-bond acceptors (Lipinski definition) is 4. The normalized spacial score (nSPS) is 23.7. The molecule has 1 N–H and O–H groups in total. The number of carbonyl (C=O) groups excluding carboxylic acids is 2. The monoisotopic (exact) mass is 429 g/mol. The van der Waals surface area contributed by atoms with E-state index in [2.05, 4.69) is 5.32 Å². The number of aromatic nitrogens is 1. The molecular weight excluding hydrogens is 408 g/mol. The summed E-state index contributed by atoms with van der Waals surface area (Å²) in [6.45, 7) is 4.10. The third-order valence-corrected chi connectivity index (χ3v) is 6.70. The summed E-state index contributed by atoms with van der Waals surface area (Å²) in [7, 11) is 0. The van der Waals surface area contributed by atoms with Crippen molar-refractivity contribution in [1.82, 2.24) is 14.8 Å². The molecule has 1 saturated heterocycles. The number of halogens is 2. The molecule has 3 aliphatic heterocycles. The lowest BCUT2D eigenvalue weighted by Crippen LogP contribution is -2.57. The Bertz CT molecular complexity index is 1210. The number of rotatable bonds is 3. The predicted octanol–water partition coefficient (Wildman–Crippen LogP) is 2.05. The Morgan fingerprint density at radius 3 is 2.84 bits per heavy atom. The molecule has 2 aromatic rings. The van der Waals surface area contributed by atoms with Crippen molar-refractivity contribution >= 4 is 11.8 Å². The fourth-order valence-electron chi connectivity index (χ4n) is 5.14. The van der Waals surface area contributed by atoms with E-state index in [-0.39, 0.29) is 35.2 Å². The number of nitrogens with one attached hydrogen (secondary N) is 1. The zero-order valence-electron chi connectivity index (χ0n) is 17.1. The van der Waals surface area contributed by atoms with Crippen LogP contribution in [0.2, 0.25) is 0 Å². The molecule has 0 saturated carbocycles. The number of amides is 2. The highest BCUT2D eigenvalue weighted by Crippen LogP contribution is 2.46. The maximum Gasteiger partial charge on any atom is 0.273 e. The van der Waals surface area contributed by atoms with Crippen LogP contribution in [0.15, 0.2) is 23.0 Å². The summed E-state index contributed by atoms with van der Waals surface area (Å²) in [6.07, 6.45) is 1.07. The molecule has 9 heteroatoms. The molecule has 4 heterocycles. The quantitative estimate of drug-likeness (QED) is 0.810. The minimum Gasteiger partial charge on any atom is -0.352 e. The Morgan fingerprint density at radius 2 is 2.10 bits per heavy atom. The van der Waals surface area contributed by atoms with E-state index in [9.17, 15) is 23.2 Å². The molecule has 2 atom stereocenters. The molecule has 3 aliphatic rings. The third kappa shape index (κ3) is 2.69. The van der Waals surface area contributed by atoms with Crippen LogP contribution in [0.5, 0.6) is 0 Å². The van der Waals surface area contributed by atoms with Crippen LogP contribution in [0.4, 0.5) is 8.78 Å². The van der Waals surface area contributed by atoms with Gasteiger partial charge in [0.25, 0.3) is 11.8 Å². The summed E-state index contributed by atoms with van der Waals surface area (Å²) in [6, 6.07) is 2.89. The lowest BCUT2D eigenvalue weighted by molar-refractivity contribution is -0.0972. The van der Waals surface area contributed by atoms with Crippen LogP contribution in [-0.2, 0) is 17.7 Å². The van der Waals surface area contributed by atoms with Crippen molar-refractivity contribution in [3.05, 3.63) is 68.1 Å². The predicted molar refractivity (Wildman–Crippen MR) is 106 cm³/mol. The van der Waals surface area contributed by atoms with Crippen molar-refractivity contribution in [2.75, 3.05) is 13.2 Å². The van der Waals surface area contributed by atoms with Crippen LogP contribution < -0.4 is 10.7 Å². The first-order valence-corrected chi connectivity index (χ1v) is 10.2. The van der Waals surface area contributed by atoms with Gasteiger partial charge >= 0.3 is 0 Å². The highest BCUT2D eigenvalue weighted by Gasteiger charge is 2.55. The molecule has 1 fully saturated rings. The average Bonchev–Trinajstić information content (AvgIpc) is 3.32. The van der Waals surface area contributed by atoms with Gasteiger partial charge in [0.2, 0.25) is 0 Å². The fourth-order valence-corrected chi connectivity index (χ4v) is 5.14. The van der Waals surface area contributed by atoms with Gasteiger partial charge in [0.1, 0.15) is 22.9 Å². The highest BCUT2D eigenvalue weighted by atomic mass is 19.1. The van der Waals surface area contributed by atoms with Crippen LogP contribution in [0.1, 0.15) is 57.1 Å². The van der Waals surface area contributed by atoms with Crippen LogP contribution in [-0.4, -0.2) is 40.2 Å². The van der Waals surface area contributed by atoms with Crippen molar-refractivity contribution in [3.63, 3.8) is 0 Å². The summed E-state index contributed by atoms with van der Waals surface area (Å²) in [5.41, 5.74) is -0.222. The van der Waals surface area contributed by atoms with Crippen LogP contribution in [0.25, 0.3) is 0 Å². The van der Waals surface area contributed by atoms with Gasteiger partial charge in [-0.15, -0.1) is 0 Å². The van der Waals surface area contributed by atoms with E-state index in [0.29, 0.717) is 37.4 Å². The summed E-state index contributed by atoms with van der Waals surface area (Å²) in [5, 5.41) is 2.57. The summed E-state index contributed by atoms with van der Waals surface area (Å²) in [4.78, 5) is 41.0. The van der Waals surface area contributed by atoms with Crippen molar-refractivity contribution in [3.8, 4) is 0 Å². The fraction of sp³-hybridized carbons (Fsp3) is 0.409. The van der Waals surface area contributed by atoms with Gasteiger partial charge in [-0.1, -0.05) is 6.07 Å². The number of carbonyl (C=O) groups is 2. The molecule has 162 valence electrons. The van der Waals surface area contributed by atoms with Gasteiger partial charge in [0.15, 0.2) is 11.2 Å². The molecule has 0 radical (unpaired) electrons. The van der Waals surface area contributed by atoms with Gasteiger partial charge in [-0.2, -0.15) is 0 Å². The Kier molecular flexibility index (Phi) is 4.30. The lowest BCUT2D eigenvalue weighted by atomic mass is 9.97. The number of fused-ring (bicyclic) bond motifs is 2. The minimum absolute atomic E-state index is 0.0332. The molecule has 1 aromatic heterocycles. The second-order valence-corrected chi connectivity index (χ2v) is 8.33. The Balaban J connectivity index is 1.56. The zero-order valence-corrected chi connectivity index (χ0v) is 17.1. The summed E-state index contributed by atoms with van der Waals surface area (Å²) < 4.78 is 34.8. The van der Waals surface area contributed by atoms with Crippen molar-refractivity contribution < 1.29 is 23.1 Å². The van der Waals surface area contributed by atoms with Crippen molar-refractivity contribution in [2.45, 2.75) is 45.0 Å². The summed E-state index contributed by atoms with van der Waals surface area (Å²) >= 11 is 0. The Morgan fingerprint density at radius 1 is 1.32 bits per heavy atom. The van der Waals surface area contributed by atoms with Gasteiger partial charge in [-0.3, -0.25) is 14.4 Å². The van der Waals surface area contributed by atoms with E-state index in [1.165, 1.54) is 6.07 Å². The second kappa shape index (κ2) is 6.71. The summed E-state index contributed by atoms with van der Waals surface area (Å²) in [5.74, 6) is -2.40. The van der Waals surface area contributed by atoms with Gasteiger partial charge in [-0.25, -0.2) is 8.78 Å². The van der Waals surface area contributed by atoms with Crippen LogP contribution in [0.3, 0.4) is 0 Å². The standard InChI is InChI=1S/C22H21F2N3O4/c1-11-18-21(30)26-7-8-31-22(26,2)16-6-5-15(27(16)18)17(19(11)28)20(29)25-10-12-3-4-13(23)9-14(12)24/h3-4,9,16H,5-8,10H2,1-2H3,(H,25,29). The number of nitrogens with zero attached hydrogens (tertiary/aromatic N) is 2. The first kappa shape index (κ1) is 19.9. The SMILES string of the molecule is Cc1c2n3c(c(C(=O)NCc4ccc(F)cc4F)c1=O)CCC3C1(C)OCCN1C2=O.